The monoisotopic (exact) mass is 294 g/mol. The summed E-state index contributed by atoms with van der Waals surface area (Å²) in [5.74, 6) is -0.925. The second kappa shape index (κ2) is 7.96. The smallest absolute Gasteiger partial charge is 0.314 e. The van der Waals surface area contributed by atoms with Crippen LogP contribution in [0.3, 0.4) is 0 Å². The molecule has 0 heterocycles. The van der Waals surface area contributed by atoms with Crippen LogP contribution < -0.4 is 10.6 Å². The van der Waals surface area contributed by atoms with Crippen molar-refractivity contribution in [2.24, 2.45) is 11.3 Å². The summed E-state index contributed by atoms with van der Waals surface area (Å²) in [6.45, 7) is 7.58. The van der Waals surface area contributed by atoms with Gasteiger partial charge in [-0.25, -0.2) is 4.79 Å². The van der Waals surface area contributed by atoms with Crippen LogP contribution in [0.5, 0.6) is 0 Å². The molecule has 0 spiro atoms. The number of carbonyl (C=O) groups excluding carboxylic acids is 3. The van der Waals surface area contributed by atoms with Gasteiger partial charge in [-0.3, -0.25) is 9.59 Å². The van der Waals surface area contributed by atoms with Gasteiger partial charge < -0.3 is 10.6 Å². The lowest BCUT2D eigenvalue weighted by atomic mass is 9.90. The Morgan fingerprint density at radius 2 is 1.62 bits per heavy atom. The van der Waals surface area contributed by atoms with Crippen molar-refractivity contribution in [1.29, 1.82) is 0 Å². The minimum atomic E-state index is -0.600. The van der Waals surface area contributed by atoms with Crippen LogP contribution in [0.15, 0.2) is 12.2 Å². The summed E-state index contributed by atoms with van der Waals surface area (Å²) >= 11 is 0. The van der Waals surface area contributed by atoms with Gasteiger partial charge in [0.05, 0.1) is 5.92 Å². The zero-order valence-corrected chi connectivity index (χ0v) is 13.2. The van der Waals surface area contributed by atoms with E-state index in [1.165, 1.54) is 12.2 Å². The van der Waals surface area contributed by atoms with Crippen molar-refractivity contribution in [3.8, 4) is 0 Å². The topological polar surface area (TPSA) is 75.3 Å². The molecule has 0 aliphatic heterocycles. The van der Waals surface area contributed by atoms with Crippen molar-refractivity contribution in [2.45, 2.75) is 46.5 Å². The molecule has 1 aliphatic rings. The van der Waals surface area contributed by atoms with E-state index in [0.717, 1.165) is 19.3 Å². The summed E-state index contributed by atoms with van der Waals surface area (Å²) in [4.78, 5) is 34.2. The maximum atomic E-state index is 11.5. The number of carbonyl (C=O) groups is 3. The molecule has 0 aromatic heterocycles. The van der Waals surface area contributed by atoms with Crippen molar-refractivity contribution in [3.05, 3.63) is 12.2 Å². The second-order valence-corrected chi connectivity index (χ2v) is 6.68. The largest absolute Gasteiger partial charge is 0.338 e. The predicted molar refractivity (Wildman–Crippen MR) is 82.0 cm³/mol. The van der Waals surface area contributed by atoms with Gasteiger partial charge in [-0.2, -0.15) is 0 Å². The standard InChI is InChI=1S/C16H26N2O3/c1-16(2,3)9-4-5-10-17-15(21)18-11-8-12-13(19)6-7-14(12)20/h6-7,12H,4-5,8-11H2,1-3H3,(H2,17,18,21). The van der Waals surface area contributed by atoms with Crippen LogP contribution in [0.2, 0.25) is 0 Å². The molecule has 1 aliphatic carbocycles. The minimum absolute atomic E-state index is 0.163. The first-order valence-corrected chi connectivity index (χ1v) is 7.57. The van der Waals surface area contributed by atoms with Gasteiger partial charge in [-0.1, -0.05) is 27.2 Å². The van der Waals surface area contributed by atoms with E-state index in [0.29, 0.717) is 24.9 Å². The highest BCUT2D eigenvalue weighted by molar-refractivity contribution is 6.18. The zero-order valence-electron chi connectivity index (χ0n) is 13.2. The Morgan fingerprint density at radius 1 is 1.05 bits per heavy atom. The van der Waals surface area contributed by atoms with Gasteiger partial charge in [0.2, 0.25) is 0 Å². The minimum Gasteiger partial charge on any atom is -0.338 e. The van der Waals surface area contributed by atoms with Gasteiger partial charge in [0.25, 0.3) is 0 Å². The Kier molecular flexibility index (Phi) is 6.59. The summed E-state index contributed by atoms with van der Waals surface area (Å²) < 4.78 is 0. The van der Waals surface area contributed by atoms with Crippen molar-refractivity contribution in [1.82, 2.24) is 10.6 Å². The molecule has 5 nitrogen and oxygen atoms in total. The number of rotatable bonds is 7. The number of amides is 2. The maximum absolute atomic E-state index is 11.5. The van der Waals surface area contributed by atoms with E-state index >= 15 is 0 Å². The van der Waals surface area contributed by atoms with E-state index in [9.17, 15) is 14.4 Å². The molecule has 0 fully saturated rings. The Labute approximate surface area is 126 Å². The van der Waals surface area contributed by atoms with Crippen LogP contribution in [0.4, 0.5) is 4.79 Å². The van der Waals surface area contributed by atoms with E-state index in [4.69, 9.17) is 0 Å². The van der Waals surface area contributed by atoms with E-state index in [1.807, 2.05) is 0 Å². The van der Waals surface area contributed by atoms with Crippen LogP contribution in [0.25, 0.3) is 0 Å². The molecule has 2 amide bonds. The number of ketones is 2. The number of unbranched alkanes of at least 4 members (excludes halogenated alkanes) is 1. The number of hydrogen-bond donors (Lipinski definition) is 2. The Balaban J connectivity index is 2.04. The lowest BCUT2D eigenvalue weighted by Crippen LogP contribution is -2.37. The molecule has 0 aromatic rings. The highest BCUT2D eigenvalue weighted by atomic mass is 16.2. The summed E-state index contributed by atoms with van der Waals surface area (Å²) in [5, 5.41) is 5.46. The SMILES string of the molecule is CC(C)(C)CCCCNC(=O)NCCC1C(=O)C=CC1=O. The molecule has 0 saturated heterocycles. The van der Waals surface area contributed by atoms with Crippen LogP contribution in [0.1, 0.15) is 46.5 Å². The zero-order chi connectivity index (χ0) is 15.9. The molecular formula is C16H26N2O3. The lowest BCUT2D eigenvalue weighted by molar-refractivity contribution is -0.125. The van der Waals surface area contributed by atoms with E-state index < -0.39 is 5.92 Å². The maximum Gasteiger partial charge on any atom is 0.314 e. The highest BCUT2D eigenvalue weighted by Crippen LogP contribution is 2.21. The molecular weight excluding hydrogens is 268 g/mol. The van der Waals surface area contributed by atoms with Crippen LogP contribution in [-0.2, 0) is 9.59 Å². The number of hydrogen-bond acceptors (Lipinski definition) is 3. The van der Waals surface area contributed by atoms with E-state index in [2.05, 4.69) is 31.4 Å². The van der Waals surface area contributed by atoms with Gasteiger partial charge in [0, 0.05) is 13.1 Å². The van der Waals surface area contributed by atoms with Gasteiger partial charge >= 0.3 is 6.03 Å². The average molecular weight is 294 g/mol. The summed E-state index contributed by atoms with van der Waals surface area (Å²) in [5.41, 5.74) is 0.330. The quantitative estimate of drug-likeness (QED) is 0.558. The predicted octanol–water partition coefficient (Wildman–Crippen LogP) is 2.22. The van der Waals surface area contributed by atoms with Crippen LogP contribution in [-0.4, -0.2) is 30.7 Å². The first kappa shape index (κ1) is 17.4. The van der Waals surface area contributed by atoms with Gasteiger partial charge in [0.15, 0.2) is 11.6 Å². The summed E-state index contributed by atoms with van der Waals surface area (Å²) in [7, 11) is 0. The Hall–Kier alpha value is -1.65. The third-order valence-electron chi connectivity index (χ3n) is 3.46. The van der Waals surface area contributed by atoms with Gasteiger partial charge in [0.1, 0.15) is 0 Å². The second-order valence-electron chi connectivity index (χ2n) is 6.68. The van der Waals surface area contributed by atoms with Crippen LogP contribution in [0, 0.1) is 11.3 Å². The molecule has 2 N–H and O–H groups in total. The first-order valence-electron chi connectivity index (χ1n) is 7.57. The Bertz CT molecular complexity index is 404. The number of nitrogens with one attached hydrogen (secondary N) is 2. The fraction of sp³-hybridized carbons (Fsp3) is 0.688. The summed E-state index contributed by atoms with van der Waals surface area (Å²) in [6, 6.07) is -0.239. The third kappa shape index (κ3) is 7.06. The molecule has 0 aromatic carbocycles. The van der Waals surface area contributed by atoms with Crippen molar-refractivity contribution >= 4 is 17.6 Å². The van der Waals surface area contributed by atoms with Crippen molar-refractivity contribution in [2.75, 3.05) is 13.1 Å². The summed E-state index contributed by atoms with van der Waals surface area (Å²) in [6.07, 6.45) is 6.15. The Morgan fingerprint density at radius 3 is 2.19 bits per heavy atom. The fourth-order valence-electron chi connectivity index (χ4n) is 2.20. The number of urea groups is 1. The van der Waals surface area contributed by atoms with E-state index in [-0.39, 0.29) is 17.6 Å². The normalized spacial score (nSPS) is 15.6. The van der Waals surface area contributed by atoms with Gasteiger partial charge in [-0.05, 0) is 36.8 Å². The lowest BCUT2D eigenvalue weighted by Gasteiger charge is -2.17. The third-order valence-corrected chi connectivity index (χ3v) is 3.46. The molecule has 0 unspecified atom stereocenters. The molecule has 0 radical (unpaired) electrons. The van der Waals surface area contributed by atoms with Gasteiger partial charge in [-0.15, -0.1) is 0 Å². The van der Waals surface area contributed by atoms with Crippen molar-refractivity contribution < 1.29 is 14.4 Å². The molecule has 0 bridgehead atoms. The average Bonchev–Trinajstić information content (AvgIpc) is 2.68. The van der Waals surface area contributed by atoms with Crippen molar-refractivity contribution in [3.63, 3.8) is 0 Å². The molecule has 5 heteroatoms. The number of allylic oxidation sites excluding steroid dienone is 2. The molecule has 0 saturated carbocycles. The van der Waals surface area contributed by atoms with Crippen LogP contribution >= 0.6 is 0 Å². The molecule has 21 heavy (non-hydrogen) atoms. The fourth-order valence-corrected chi connectivity index (χ4v) is 2.20. The molecule has 118 valence electrons. The molecule has 1 rings (SSSR count). The van der Waals surface area contributed by atoms with E-state index in [1.54, 1.807) is 0 Å². The first-order chi connectivity index (χ1) is 9.79. The molecule has 0 atom stereocenters. The highest BCUT2D eigenvalue weighted by Gasteiger charge is 2.27.